The number of hydrogen-bond acceptors (Lipinski definition) is 4. The van der Waals surface area contributed by atoms with Crippen LogP contribution in [-0.4, -0.2) is 17.9 Å². The Balaban J connectivity index is 2.33. The molecule has 0 saturated carbocycles. The van der Waals surface area contributed by atoms with Crippen molar-refractivity contribution in [1.82, 2.24) is 4.98 Å². The lowest BCUT2D eigenvalue weighted by molar-refractivity contribution is 0.112. The molecule has 88 valence electrons. The third-order valence-corrected chi connectivity index (χ3v) is 3.22. The van der Waals surface area contributed by atoms with Gasteiger partial charge in [-0.2, -0.15) is 0 Å². The summed E-state index contributed by atoms with van der Waals surface area (Å²) in [5, 5.41) is 2.84. The van der Waals surface area contributed by atoms with Gasteiger partial charge in [-0.3, -0.25) is 4.79 Å². The first-order chi connectivity index (χ1) is 8.24. The molecule has 0 radical (unpaired) electrons. The first-order valence-electron chi connectivity index (χ1n) is 5.08. The van der Waals surface area contributed by atoms with E-state index in [1.165, 1.54) is 11.3 Å². The molecule has 0 aliphatic rings. The number of aromatic nitrogens is 1. The maximum absolute atomic E-state index is 10.6. The Kier molecular flexibility index (Phi) is 3.76. The second-order valence-electron chi connectivity index (χ2n) is 3.27. The number of rotatable bonds is 4. The topological polar surface area (TPSA) is 39.2 Å². The third kappa shape index (κ3) is 2.65. The summed E-state index contributed by atoms with van der Waals surface area (Å²) in [6, 6.07) is 5.47. The van der Waals surface area contributed by atoms with Gasteiger partial charge in [0, 0.05) is 10.9 Å². The SMILES string of the molecule is CCOc1ccc(-c2csc(C=O)n2)cc1Cl. The van der Waals surface area contributed by atoms with Crippen LogP contribution in [0.15, 0.2) is 23.6 Å². The number of hydrogen-bond donors (Lipinski definition) is 0. The number of carbonyl (C=O) groups excluding carboxylic acids is 1. The lowest BCUT2D eigenvalue weighted by Gasteiger charge is -2.06. The van der Waals surface area contributed by atoms with Crippen LogP contribution in [0.3, 0.4) is 0 Å². The number of carbonyl (C=O) groups is 1. The van der Waals surface area contributed by atoms with E-state index in [0.29, 0.717) is 22.4 Å². The summed E-state index contributed by atoms with van der Waals surface area (Å²) < 4.78 is 5.35. The van der Waals surface area contributed by atoms with Crippen LogP contribution in [0.2, 0.25) is 5.02 Å². The van der Waals surface area contributed by atoms with E-state index in [1.807, 2.05) is 18.4 Å². The average molecular weight is 268 g/mol. The van der Waals surface area contributed by atoms with E-state index in [4.69, 9.17) is 16.3 Å². The van der Waals surface area contributed by atoms with Crippen molar-refractivity contribution in [1.29, 1.82) is 0 Å². The molecule has 0 atom stereocenters. The molecule has 1 aromatic heterocycles. The van der Waals surface area contributed by atoms with Crippen LogP contribution in [0.5, 0.6) is 5.75 Å². The van der Waals surface area contributed by atoms with E-state index >= 15 is 0 Å². The second-order valence-corrected chi connectivity index (χ2v) is 4.56. The molecule has 1 heterocycles. The van der Waals surface area contributed by atoms with Gasteiger partial charge in [-0.25, -0.2) is 4.98 Å². The monoisotopic (exact) mass is 267 g/mol. The predicted octanol–water partition coefficient (Wildman–Crippen LogP) is 3.67. The predicted molar refractivity (Wildman–Crippen MR) is 69.1 cm³/mol. The molecule has 5 heteroatoms. The van der Waals surface area contributed by atoms with Gasteiger partial charge in [0.25, 0.3) is 0 Å². The maximum atomic E-state index is 10.6. The van der Waals surface area contributed by atoms with Crippen molar-refractivity contribution in [3.63, 3.8) is 0 Å². The molecule has 1 aromatic carbocycles. The smallest absolute Gasteiger partial charge is 0.178 e. The highest BCUT2D eigenvalue weighted by Gasteiger charge is 2.07. The molecule has 0 bridgehead atoms. The Hall–Kier alpha value is -1.39. The highest BCUT2D eigenvalue weighted by Crippen LogP contribution is 2.30. The van der Waals surface area contributed by atoms with Crippen molar-refractivity contribution in [3.05, 3.63) is 33.6 Å². The lowest BCUT2D eigenvalue weighted by Crippen LogP contribution is -1.92. The van der Waals surface area contributed by atoms with Gasteiger partial charge in [0.1, 0.15) is 5.75 Å². The number of ether oxygens (including phenoxy) is 1. The minimum atomic E-state index is 0.463. The van der Waals surface area contributed by atoms with E-state index in [1.54, 1.807) is 12.1 Å². The quantitative estimate of drug-likeness (QED) is 0.794. The Labute approximate surface area is 108 Å². The normalized spacial score (nSPS) is 10.2. The summed E-state index contributed by atoms with van der Waals surface area (Å²) in [7, 11) is 0. The van der Waals surface area contributed by atoms with E-state index in [-0.39, 0.29) is 0 Å². The molecule has 17 heavy (non-hydrogen) atoms. The van der Waals surface area contributed by atoms with Crippen LogP contribution < -0.4 is 4.74 Å². The summed E-state index contributed by atoms with van der Waals surface area (Å²) in [6.07, 6.45) is 0.740. The molecule has 0 N–H and O–H groups in total. The Morgan fingerprint density at radius 2 is 2.35 bits per heavy atom. The molecule has 0 unspecified atom stereocenters. The molecule has 0 saturated heterocycles. The molecule has 0 fully saturated rings. The average Bonchev–Trinajstić information content (AvgIpc) is 2.80. The standard InChI is InChI=1S/C12H10ClNO2S/c1-2-16-11-4-3-8(5-9(11)13)10-7-17-12(6-15)14-10/h3-7H,2H2,1H3. The van der Waals surface area contributed by atoms with Crippen LogP contribution in [0, 0.1) is 0 Å². The van der Waals surface area contributed by atoms with Crippen molar-refractivity contribution in [3.8, 4) is 17.0 Å². The number of thiazole rings is 1. The molecule has 0 spiro atoms. The molecule has 0 amide bonds. The maximum Gasteiger partial charge on any atom is 0.178 e. The summed E-state index contributed by atoms with van der Waals surface area (Å²) in [5.41, 5.74) is 1.63. The minimum Gasteiger partial charge on any atom is -0.492 e. The summed E-state index contributed by atoms with van der Waals surface area (Å²) in [4.78, 5) is 14.7. The Morgan fingerprint density at radius 3 is 2.94 bits per heavy atom. The van der Waals surface area contributed by atoms with Crippen molar-refractivity contribution in [2.75, 3.05) is 6.61 Å². The zero-order chi connectivity index (χ0) is 12.3. The molecule has 2 rings (SSSR count). The van der Waals surface area contributed by atoms with Gasteiger partial charge in [0.2, 0.25) is 0 Å². The fourth-order valence-corrected chi connectivity index (χ4v) is 2.27. The van der Waals surface area contributed by atoms with Gasteiger partial charge in [-0.15, -0.1) is 11.3 Å². The largest absolute Gasteiger partial charge is 0.492 e. The van der Waals surface area contributed by atoms with Crippen molar-refractivity contribution < 1.29 is 9.53 Å². The van der Waals surface area contributed by atoms with Crippen molar-refractivity contribution in [2.24, 2.45) is 0 Å². The minimum absolute atomic E-state index is 0.463. The Bertz CT molecular complexity index is 539. The van der Waals surface area contributed by atoms with Gasteiger partial charge in [0.05, 0.1) is 17.3 Å². The second kappa shape index (κ2) is 5.29. The summed E-state index contributed by atoms with van der Waals surface area (Å²) in [6.45, 7) is 2.48. The van der Waals surface area contributed by atoms with Gasteiger partial charge in [0.15, 0.2) is 11.3 Å². The van der Waals surface area contributed by atoms with Crippen LogP contribution in [0.4, 0.5) is 0 Å². The van der Waals surface area contributed by atoms with Crippen molar-refractivity contribution >= 4 is 29.2 Å². The molecule has 2 aromatic rings. The number of nitrogens with zero attached hydrogens (tertiary/aromatic N) is 1. The molecule has 0 aliphatic carbocycles. The van der Waals surface area contributed by atoms with Crippen LogP contribution in [-0.2, 0) is 0 Å². The van der Waals surface area contributed by atoms with Gasteiger partial charge in [-0.1, -0.05) is 11.6 Å². The van der Waals surface area contributed by atoms with Gasteiger partial charge >= 0.3 is 0 Å². The number of halogens is 1. The molecular weight excluding hydrogens is 258 g/mol. The van der Waals surface area contributed by atoms with E-state index in [2.05, 4.69) is 4.98 Å². The zero-order valence-electron chi connectivity index (χ0n) is 9.14. The number of aldehydes is 1. The lowest BCUT2D eigenvalue weighted by atomic mass is 10.2. The summed E-state index contributed by atoms with van der Waals surface area (Å²) in [5.74, 6) is 0.656. The van der Waals surface area contributed by atoms with E-state index in [9.17, 15) is 4.79 Å². The molecular formula is C12H10ClNO2S. The summed E-state index contributed by atoms with van der Waals surface area (Å²) >= 11 is 7.39. The third-order valence-electron chi connectivity index (χ3n) is 2.15. The molecule has 0 aliphatic heterocycles. The van der Waals surface area contributed by atoms with Crippen LogP contribution in [0.25, 0.3) is 11.3 Å². The number of benzene rings is 1. The fraction of sp³-hybridized carbons (Fsp3) is 0.167. The van der Waals surface area contributed by atoms with E-state index < -0.39 is 0 Å². The van der Waals surface area contributed by atoms with Crippen LogP contribution in [0.1, 0.15) is 16.7 Å². The fourth-order valence-electron chi connectivity index (χ4n) is 1.41. The Morgan fingerprint density at radius 1 is 1.53 bits per heavy atom. The highest BCUT2D eigenvalue weighted by molar-refractivity contribution is 7.11. The zero-order valence-corrected chi connectivity index (χ0v) is 10.7. The first kappa shape index (κ1) is 12.1. The highest BCUT2D eigenvalue weighted by atomic mass is 35.5. The molecule has 3 nitrogen and oxygen atoms in total. The first-order valence-corrected chi connectivity index (χ1v) is 6.33. The van der Waals surface area contributed by atoms with Crippen molar-refractivity contribution in [2.45, 2.75) is 6.92 Å². The van der Waals surface area contributed by atoms with Gasteiger partial charge < -0.3 is 4.74 Å². The van der Waals surface area contributed by atoms with Gasteiger partial charge in [-0.05, 0) is 25.1 Å². The van der Waals surface area contributed by atoms with E-state index in [0.717, 1.165) is 17.5 Å². The van der Waals surface area contributed by atoms with Crippen LogP contribution >= 0.6 is 22.9 Å².